The van der Waals surface area contributed by atoms with E-state index in [0.29, 0.717) is 15.6 Å². The molecule has 180 valence electrons. The number of halogens is 4. The van der Waals surface area contributed by atoms with Crippen LogP contribution in [0.5, 0.6) is 11.5 Å². The van der Waals surface area contributed by atoms with Gasteiger partial charge in [0, 0.05) is 5.92 Å². The summed E-state index contributed by atoms with van der Waals surface area (Å²) in [6.45, 7) is 0. The molecular formula is C22H18Br2Cl2N2O6. The summed E-state index contributed by atoms with van der Waals surface area (Å²) in [5.74, 6) is -4.95. The summed E-state index contributed by atoms with van der Waals surface area (Å²) >= 11 is 20.7. The topological polar surface area (TPSA) is 113 Å². The van der Waals surface area contributed by atoms with Crippen LogP contribution in [0.15, 0.2) is 28.3 Å². The molecule has 0 spiro atoms. The predicted octanol–water partition coefficient (Wildman–Crippen LogP) is 3.16. The summed E-state index contributed by atoms with van der Waals surface area (Å²) in [6.07, 6.45) is 2.04. The summed E-state index contributed by atoms with van der Waals surface area (Å²) in [6, 6.07) is 3.13. The largest absolute Gasteiger partial charge is 0.503 e. The van der Waals surface area contributed by atoms with Gasteiger partial charge in [-0.25, -0.2) is 0 Å². The molecule has 2 N–H and O–H groups in total. The lowest BCUT2D eigenvalue weighted by atomic mass is 9.56. The Morgan fingerprint density at radius 1 is 1.18 bits per heavy atom. The Labute approximate surface area is 221 Å². The zero-order valence-corrected chi connectivity index (χ0v) is 22.3. The standard InChI is InChI=1S/C22H18Br2Cl2N2O6/c1-34-13-5-8(4-12(24)16(13)29)15-9-2-3-10-14(18(31)27-17(10)30)11(9)6-21(25)19(32)28(7-23)20(33)22(15,21)26/h2,4-5,10-11,14-15,29H,3,6-7H2,1H3,(H,27,30,31). The highest BCUT2D eigenvalue weighted by Gasteiger charge is 2.76. The fourth-order valence-corrected chi connectivity index (χ4v) is 7.84. The summed E-state index contributed by atoms with van der Waals surface area (Å²) in [5, 5.41) is 12.7. The van der Waals surface area contributed by atoms with Crippen molar-refractivity contribution in [3.63, 3.8) is 0 Å². The zero-order chi connectivity index (χ0) is 24.7. The lowest BCUT2D eigenvalue weighted by Crippen LogP contribution is -2.60. The number of aromatic hydroxyl groups is 1. The number of amides is 4. The molecule has 5 rings (SSSR count). The van der Waals surface area contributed by atoms with Gasteiger partial charge in [0.1, 0.15) is 0 Å². The Balaban J connectivity index is 1.78. The molecule has 12 heteroatoms. The summed E-state index contributed by atoms with van der Waals surface area (Å²) in [4.78, 5) is 49.4. The average molecular weight is 637 g/mol. The number of ether oxygens (including phenoxy) is 1. The molecule has 34 heavy (non-hydrogen) atoms. The average Bonchev–Trinajstić information content (AvgIpc) is 3.17. The summed E-state index contributed by atoms with van der Waals surface area (Å²) in [5.41, 5.74) is 1.03. The van der Waals surface area contributed by atoms with Crippen molar-refractivity contribution in [1.82, 2.24) is 10.2 Å². The van der Waals surface area contributed by atoms with Crippen LogP contribution >= 0.6 is 55.1 Å². The minimum Gasteiger partial charge on any atom is -0.503 e. The minimum atomic E-state index is -1.91. The number of nitrogens with zero attached hydrogens (tertiary/aromatic N) is 1. The maximum Gasteiger partial charge on any atom is 0.254 e. The normalized spacial score (nSPS) is 36.6. The molecule has 0 radical (unpaired) electrons. The van der Waals surface area contributed by atoms with Gasteiger partial charge < -0.3 is 9.84 Å². The first-order valence-electron chi connectivity index (χ1n) is 10.4. The fraction of sp³-hybridized carbons (Fsp3) is 0.455. The number of carbonyl (C=O) groups excluding carboxylic acids is 4. The number of imide groups is 2. The van der Waals surface area contributed by atoms with E-state index in [1.54, 1.807) is 6.07 Å². The second kappa shape index (κ2) is 7.94. The number of rotatable bonds is 3. The first-order valence-corrected chi connectivity index (χ1v) is 13.1. The number of nitrogens with one attached hydrogen (secondary N) is 1. The van der Waals surface area contributed by atoms with Crippen LogP contribution in [0.2, 0.25) is 0 Å². The third-order valence-electron chi connectivity index (χ3n) is 7.46. The number of fused-ring (bicyclic) bond motifs is 4. The fourth-order valence-electron chi connectivity index (χ4n) is 5.95. The summed E-state index contributed by atoms with van der Waals surface area (Å²) < 4.78 is 5.59. The molecule has 6 unspecified atom stereocenters. The van der Waals surface area contributed by atoms with E-state index in [0.717, 1.165) is 4.90 Å². The molecule has 0 aromatic heterocycles. The van der Waals surface area contributed by atoms with Crippen LogP contribution in [0.3, 0.4) is 0 Å². The van der Waals surface area contributed by atoms with Crippen molar-refractivity contribution in [2.24, 2.45) is 17.8 Å². The molecule has 4 aliphatic rings. The molecule has 1 aromatic carbocycles. The van der Waals surface area contributed by atoms with Crippen molar-refractivity contribution in [3.8, 4) is 11.5 Å². The highest BCUT2D eigenvalue weighted by atomic mass is 79.9. The number of hydrogen-bond acceptors (Lipinski definition) is 6. The van der Waals surface area contributed by atoms with Gasteiger partial charge in [0.2, 0.25) is 11.8 Å². The second-order valence-electron chi connectivity index (χ2n) is 8.89. The van der Waals surface area contributed by atoms with Gasteiger partial charge >= 0.3 is 0 Å². The van der Waals surface area contributed by atoms with E-state index in [1.165, 1.54) is 13.2 Å². The van der Waals surface area contributed by atoms with E-state index < -0.39 is 51.1 Å². The van der Waals surface area contributed by atoms with Gasteiger partial charge in [-0.1, -0.05) is 27.6 Å². The number of carbonyl (C=O) groups is 4. The second-order valence-corrected chi connectivity index (χ2v) is 11.5. The van der Waals surface area contributed by atoms with Gasteiger partial charge in [-0.05, 0) is 52.4 Å². The van der Waals surface area contributed by atoms with E-state index in [1.807, 2.05) is 6.08 Å². The quantitative estimate of drug-likeness (QED) is 0.228. The molecule has 1 saturated carbocycles. The van der Waals surface area contributed by atoms with E-state index in [4.69, 9.17) is 27.9 Å². The number of allylic oxidation sites excluding steroid dienone is 2. The van der Waals surface area contributed by atoms with Crippen molar-refractivity contribution in [2.45, 2.75) is 28.5 Å². The van der Waals surface area contributed by atoms with Crippen LogP contribution in [0.25, 0.3) is 0 Å². The molecule has 3 fully saturated rings. The van der Waals surface area contributed by atoms with Gasteiger partial charge in [-0.3, -0.25) is 29.4 Å². The van der Waals surface area contributed by atoms with Gasteiger partial charge in [0.15, 0.2) is 21.2 Å². The third kappa shape index (κ3) is 2.88. The Morgan fingerprint density at radius 2 is 1.88 bits per heavy atom. The number of phenols is 1. The molecule has 1 aromatic rings. The SMILES string of the molecule is COc1cc(C2C3=CCC4C(=O)NC(=O)C4C3CC3(Cl)C(=O)N(CBr)C(=O)C23Cl)cc(Br)c1O. The Morgan fingerprint density at radius 3 is 2.53 bits per heavy atom. The smallest absolute Gasteiger partial charge is 0.254 e. The van der Waals surface area contributed by atoms with Crippen molar-refractivity contribution < 1.29 is 29.0 Å². The number of methoxy groups -OCH3 is 1. The van der Waals surface area contributed by atoms with E-state index >= 15 is 0 Å². The van der Waals surface area contributed by atoms with Gasteiger partial charge in [0.05, 0.1) is 28.9 Å². The van der Waals surface area contributed by atoms with Crippen LogP contribution in [0.1, 0.15) is 24.3 Å². The Bertz CT molecular complexity index is 1210. The van der Waals surface area contributed by atoms with Crippen LogP contribution in [0, 0.1) is 17.8 Å². The number of alkyl halides is 3. The van der Waals surface area contributed by atoms with Gasteiger partial charge in [-0.15, -0.1) is 23.2 Å². The monoisotopic (exact) mass is 634 g/mol. The van der Waals surface area contributed by atoms with Crippen molar-refractivity contribution in [3.05, 3.63) is 33.8 Å². The van der Waals surface area contributed by atoms with Gasteiger partial charge in [0.25, 0.3) is 11.8 Å². The van der Waals surface area contributed by atoms with E-state index in [-0.39, 0.29) is 35.7 Å². The molecule has 8 nitrogen and oxygen atoms in total. The van der Waals surface area contributed by atoms with Crippen LogP contribution in [0.4, 0.5) is 0 Å². The number of phenolic OH excluding ortho intramolecular Hbond substituents is 1. The maximum atomic E-state index is 13.6. The van der Waals surface area contributed by atoms with Gasteiger partial charge in [-0.2, -0.15) is 0 Å². The highest BCUT2D eigenvalue weighted by molar-refractivity contribution is 9.10. The first-order chi connectivity index (χ1) is 16.0. The Hall–Kier alpha value is -1.62. The Kier molecular flexibility index (Phi) is 5.63. The van der Waals surface area contributed by atoms with Crippen molar-refractivity contribution in [1.29, 1.82) is 0 Å². The molecule has 4 amide bonds. The summed E-state index contributed by atoms with van der Waals surface area (Å²) in [7, 11) is 1.38. The van der Waals surface area contributed by atoms with Crippen LogP contribution in [-0.2, 0) is 19.2 Å². The maximum absolute atomic E-state index is 13.6. The van der Waals surface area contributed by atoms with E-state index in [2.05, 4.69) is 37.2 Å². The number of benzene rings is 1. The molecule has 2 aliphatic carbocycles. The van der Waals surface area contributed by atoms with Crippen molar-refractivity contribution >= 4 is 78.7 Å². The number of likely N-dealkylation sites (tertiary alicyclic amines) is 1. The van der Waals surface area contributed by atoms with Crippen molar-refractivity contribution in [2.75, 3.05) is 12.6 Å². The molecular weight excluding hydrogens is 619 g/mol. The number of hydrogen-bond donors (Lipinski definition) is 2. The van der Waals surface area contributed by atoms with Crippen LogP contribution < -0.4 is 10.1 Å². The molecule has 2 heterocycles. The minimum absolute atomic E-state index is 0.0767. The predicted molar refractivity (Wildman–Crippen MR) is 129 cm³/mol. The third-order valence-corrected chi connectivity index (χ3v) is 9.98. The van der Waals surface area contributed by atoms with E-state index in [9.17, 15) is 24.3 Å². The molecule has 0 bridgehead atoms. The molecule has 2 saturated heterocycles. The lowest BCUT2D eigenvalue weighted by molar-refractivity contribution is -0.138. The lowest BCUT2D eigenvalue weighted by Gasteiger charge is -2.50. The highest BCUT2D eigenvalue weighted by Crippen LogP contribution is 2.65. The molecule has 2 aliphatic heterocycles. The first kappa shape index (κ1) is 24.1. The molecule has 6 atom stereocenters. The van der Waals surface area contributed by atoms with Crippen LogP contribution in [-0.4, -0.2) is 55.9 Å². The zero-order valence-electron chi connectivity index (χ0n) is 17.6.